The van der Waals surface area contributed by atoms with Crippen molar-refractivity contribution < 1.29 is 14.4 Å². The minimum atomic E-state index is -0.739. The third kappa shape index (κ3) is 2.80. The summed E-state index contributed by atoms with van der Waals surface area (Å²) in [5.74, 6) is -0.567. The summed E-state index contributed by atoms with van der Waals surface area (Å²) in [5, 5.41) is 20.7. The molecule has 3 aromatic rings. The van der Waals surface area contributed by atoms with Gasteiger partial charge in [-0.2, -0.15) is 4.98 Å². The molecule has 23 heavy (non-hydrogen) atoms. The second-order valence-electron chi connectivity index (χ2n) is 4.68. The molecule has 0 radical (unpaired) electrons. The molecular weight excluding hydrogens is 300 g/mol. The molecule has 0 aliphatic heterocycles. The Morgan fingerprint density at radius 1 is 1.00 bits per heavy atom. The van der Waals surface area contributed by atoms with E-state index in [2.05, 4.69) is 4.98 Å². The molecule has 0 fully saturated rings. The monoisotopic (exact) mass is 310 g/mol. The second-order valence-corrected chi connectivity index (χ2v) is 4.68. The fraction of sp³-hybridized carbons (Fsp3) is 0. The molecule has 0 aliphatic carbocycles. The molecule has 0 atom stereocenters. The van der Waals surface area contributed by atoms with E-state index in [1.54, 1.807) is 30.3 Å². The van der Waals surface area contributed by atoms with Gasteiger partial charge in [-0.05, 0) is 17.7 Å². The highest BCUT2D eigenvalue weighted by molar-refractivity contribution is 5.68. The molecule has 7 nitrogen and oxygen atoms in total. The fourth-order valence-corrected chi connectivity index (χ4v) is 2.11. The van der Waals surface area contributed by atoms with Gasteiger partial charge in [0, 0.05) is 17.7 Å². The molecule has 0 amide bonds. The lowest BCUT2D eigenvalue weighted by Gasteiger charge is -2.04. The molecule has 0 saturated heterocycles. The summed E-state index contributed by atoms with van der Waals surface area (Å²) in [6.45, 7) is 0. The molecule has 0 saturated carbocycles. The zero-order valence-corrected chi connectivity index (χ0v) is 11.7. The number of nitro benzene ring substituents is 1. The molecule has 1 aromatic heterocycles. The molecule has 7 heteroatoms. The number of aromatic nitrogens is 1. The first-order valence-electron chi connectivity index (χ1n) is 6.60. The zero-order chi connectivity index (χ0) is 16.4. The molecule has 0 bridgehead atoms. The predicted molar refractivity (Wildman–Crippen MR) is 82.0 cm³/mol. The molecule has 0 aliphatic rings. The number of nitro groups is 1. The van der Waals surface area contributed by atoms with Crippen LogP contribution in [-0.2, 0) is 0 Å². The molecular formula is C16H10N2O5. The normalized spacial score (nSPS) is 10.4. The lowest BCUT2D eigenvalue weighted by molar-refractivity contribution is -0.384. The van der Waals surface area contributed by atoms with E-state index in [-0.39, 0.29) is 17.1 Å². The van der Waals surface area contributed by atoms with E-state index in [0.717, 1.165) is 0 Å². The zero-order valence-electron chi connectivity index (χ0n) is 11.7. The third-order valence-electron chi connectivity index (χ3n) is 3.21. The molecule has 1 heterocycles. The Morgan fingerprint density at radius 2 is 1.65 bits per heavy atom. The first-order valence-corrected chi connectivity index (χ1v) is 6.60. The van der Waals surface area contributed by atoms with Crippen molar-refractivity contribution in [2.45, 2.75) is 0 Å². The van der Waals surface area contributed by atoms with Gasteiger partial charge in [-0.3, -0.25) is 10.1 Å². The van der Waals surface area contributed by atoms with Crippen molar-refractivity contribution in [1.82, 2.24) is 4.98 Å². The first kappa shape index (κ1) is 14.5. The van der Waals surface area contributed by atoms with E-state index in [4.69, 9.17) is 4.42 Å². The van der Waals surface area contributed by atoms with Gasteiger partial charge < -0.3 is 9.52 Å². The Bertz CT molecular complexity index is 917. The third-order valence-corrected chi connectivity index (χ3v) is 3.21. The lowest BCUT2D eigenvalue weighted by atomic mass is 10.1. The van der Waals surface area contributed by atoms with Crippen LogP contribution in [0.25, 0.3) is 22.6 Å². The van der Waals surface area contributed by atoms with Gasteiger partial charge in [-0.25, -0.2) is 4.79 Å². The summed E-state index contributed by atoms with van der Waals surface area (Å²) >= 11 is 0. The average molecular weight is 310 g/mol. The van der Waals surface area contributed by atoms with Gasteiger partial charge in [-0.15, -0.1) is 0 Å². The predicted octanol–water partition coefficient (Wildman–Crippen LogP) is 2.98. The Hall–Kier alpha value is -3.48. The van der Waals surface area contributed by atoms with Crippen LogP contribution in [-0.4, -0.2) is 15.0 Å². The number of hydrogen-bond acceptors (Lipinski definition) is 6. The van der Waals surface area contributed by atoms with Crippen LogP contribution in [0.5, 0.6) is 5.88 Å². The highest BCUT2D eigenvalue weighted by atomic mass is 16.6. The van der Waals surface area contributed by atoms with Crippen LogP contribution in [0.15, 0.2) is 63.8 Å². The van der Waals surface area contributed by atoms with Gasteiger partial charge in [-0.1, -0.05) is 30.3 Å². The van der Waals surface area contributed by atoms with Crippen LogP contribution in [0, 0.1) is 10.1 Å². The Balaban J connectivity index is 2.06. The average Bonchev–Trinajstić information content (AvgIpc) is 2.55. The molecule has 2 aromatic carbocycles. The first-order chi connectivity index (χ1) is 11.1. The van der Waals surface area contributed by atoms with E-state index < -0.39 is 16.4 Å². The maximum Gasteiger partial charge on any atom is 0.351 e. The Kier molecular flexibility index (Phi) is 3.60. The summed E-state index contributed by atoms with van der Waals surface area (Å²) in [6, 6.07) is 13.8. The summed E-state index contributed by atoms with van der Waals surface area (Å²) in [5.41, 5.74) is -0.0290. The molecule has 0 unspecified atom stereocenters. The number of non-ortho nitro benzene ring substituents is 1. The van der Waals surface area contributed by atoms with Crippen molar-refractivity contribution in [2.24, 2.45) is 0 Å². The number of rotatable bonds is 3. The van der Waals surface area contributed by atoms with Crippen molar-refractivity contribution in [3.05, 3.63) is 75.1 Å². The van der Waals surface area contributed by atoms with E-state index in [1.807, 2.05) is 0 Å². The van der Waals surface area contributed by atoms with Crippen LogP contribution >= 0.6 is 0 Å². The van der Waals surface area contributed by atoms with E-state index >= 15 is 0 Å². The summed E-state index contributed by atoms with van der Waals surface area (Å²) in [4.78, 5) is 26.1. The Labute approximate surface area is 129 Å². The fourth-order valence-electron chi connectivity index (χ4n) is 2.11. The highest BCUT2D eigenvalue weighted by Gasteiger charge is 2.16. The maximum atomic E-state index is 12.1. The smallest absolute Gasteiger partial charge is 0.351 e. The SMILES string of the molecule is O=c1oc(-c2ccc([N+](=O)[O-])cc2)nc(O)c1-c1ccccc1. The van der Waals surface area contributed by atoms with Crippen molar-refractivity contribution >= 4 is 5.69 Å². The van der Waals surface area contributed by atoms with Crippen LogP contribution < -0.4 is 5.63 Å². The van der Waals surface area contributed by atoms with Crippen molar-refractivity contribution in [3.63, 3.8) is 0 Å². The minimum Gasteiger partial charge on any atom is -0.493 e. The quantitative estimate of drug-likeness (QED) is 0.588. The van der Waals surface area contributed by atoms with Gasteiger partial charge in [0.2, 0.25) is 11.8 Å². The van der Waals surface area contributed by atoms with Crippen molar-refractivity contribution in [1.29, 1.82) is 0 Å². The number of nitrogens with zero attached hydrogens (tertiary/aromatic N) is 2. The van der Waals surface area contributed by atoms with Crippen LogP contribution in [0.3, 0.4) is 0 Å². The number of aromatic hydroxyl groups is 1. The number of benzene rings is 2. The number of hydrogen-bond donors (Lipinski definition) is 1. The second kappa shape index (κ2) is 5.72. The standard InChI is InChI=1S/C16H10N2O5/c19-14-13(10-4-2-1-3-5-10)16(20)23-15(17-14)11-6-8-12(9-7-11)18(21)22/h1-9,19H. The lowest BCUT2D eigenvalue weighted by Crippen LogP contribution is -2.06. The summed E-state index contributed by atoms with van der Waals surface area (Å²) < 4.78 is 5.13. The van der Waals surface area contributed by atoms with E-state index in [1.165, 1.54) is 24.3 Å². The maximum absolute atomic E-state index is 12.1. The van der Waals surface area contributed by atoms with E-state index in [9.17, 15) is 20.0 Å². The van der Waals surface area contributed by atoms with Gasteiger partial charge in [0.25, 0.3) is 5.69 Å². The minimum absolute atomic E-state index is 0.0312. The van der Waals surface area contributed by atoms with Crippen molar-refractivity contribution in [2.75, 3.05) is 0 Å². The van der Waals surface area contributed by atoms with Gasteiger partial charge in [0.05, 0.1) is 4.92 Å². The largest absolute Gasteiger partial charge is 0.493 e. The van der Waals surface area contributed by atoms with Gasteiger partial charge in [0.1, 0.15) is 5.56 Å². The van der Waals surface area contributed by atoms with E-state index in [0.29, 0.717) is 11.1 Å². The Morgan fingerprint density at radius 3 is 2.22 bits per heavy atom. The van der Waals surface area contributed by atoms with Crippen molar-refractivity contribution in [3.8, 4) is 28.5 Å². The van der Waals surface area contributed by atoms with Gasteiger partial charge in [0.15, 0.2) is 0 Å². The van der Waals surface area contributed by atoms with Crippen LogP contribution in [0.1, 0.15) is 0 Å². The highest BCUT2D eigenvalue weighted by Crippen LogP contribution is 2.27. The van der Waals surface area contributed by atoms with Crippen LogP contribution in [0.4, 0.5) is 5.69 Å². The van der Waals surface area contributed by atoms with Crippen LogP contribution in [0.2, 0.25) is 0 Å². The molecule has 3 rings (SSSR count). The summed E-state index contributed by atoms with van der Waals surface area (Å²) in [6.07, 6.45) is 0. The molecule has 1 N–H and O–H groups in total. The molecule has 0 spiro atoms. The summed E-state index contributed by atoms with van der Waals surface area (Å²) in [7, 11) is 0. The topological polar surface area (TPSA) is 106 Å². The van der Waals surface area contributed by atoms with Gasteiger partial charge >= 0.3 is 5.63 Å². The molecule has 114 valence electrons.